The first-order valence-electron chi connectivity index (χ1n) is 9.07. The van der Waals surface area contributed by atoms with Gasteiger partial charge in [-0.25, -0.2) is 9.78 Å². The van der Waals surface area contributed by atoms with Crippen LogP contribution >= 0.6 is 27.3 Å². The molecule has 3 N–H and O–H groups in total. The Bertz CT molecular complexity index is 1210. The summed E-state index contributed by atoms with van der Waals surface area (Å²) in [5, 5.41) is 27.4. The number of carbonyl (C=O) groups excluding carboxylic acids is 1. The zero-order valence-electron chi connectivity index (χ0n) is 16.5. The molecule has 0 saturated carbocycles. The maximum Gasteiger partial charge on any atom is 0.352 e. The van der Waals surface area contributed by atoms with Crippen LogP contribution in [0.15, 0.2) is 58.1 Å². The minimum absolute atomic E-state index is 0.196. The molecule has 0 aliphatic rings. The Morgan fingerprint density at radius 1 is 1.22 bits per heavy atom. The topological polar surface area (TPSA) is 147 Å². The van der Waals surface area contributed by atoms with E-state index in [1.165, 1.54) is 18.2 Å². The molecule has 0 saturated heterocycles. The van der Waals surface area contributed by atoms with Crippen molar-refractivity contribution in [1.29, 1.82) is 0 Å². The number of nitrogens with zero attached hydrogens (tertiary/aromatic N) is 3. The van der Waals surface area contributed by atoms with Gasteiger partial charge in [0.2, 0.25) is 5.13 Å². The molecular weight excluding hydrogens is 502 g/mol. The van der Waals surface area contributed by atoms with Crippen molar-refractivity contribution in [2.75, 3.05) is 10.7 Å². The first kappa shape index (κ1) is 23.0. The molecule has 1 heterocycles. The Hall–Kier alpha value is -3.64. The van der Waals surface area contributed by atoms with Crippen LogP contribution in [-0.4, -0.2) is 32.6 Å². The lowest BCUT2D eigenvalue weighted by Crippen LogP contribution is -2.18. The highest BCUT2D eigenvalue weighted by Crippen LogP contribution is 2.25. The SMILES string of the molecule is Cc1nc(N/N=C(\Cc2ccccc2[N+](=O)[O-])C(=O)O)sc1C(=O)Nc1ccc(Br)cc1. The van der Waals surface area contributed by atoms with Gasteiger partial charge in [0, 0.05) is 28.2 Å². The molecule has 0 bridgehead atoms. The Morgan fingerprint density at radius 3 is 2.56 bits per heavy atom. The number of hydrazone groups is 1. The lowest BCUT2D eigenvalue weighted by molar-refractivity contribution is -0.385. The van der Waals surface area contributed by atoms with E-state index in [4.69, 9.17) is 0 Å². The molecule has 3 rings (SSSR count). The number of para-hydroxylation sites is 1. The number of hydrogen-bond donors (Lipinski definition) is 3. The van der Waals surface area contributed by atoms with Crippen LogP contribution in [0, 0.1) is 17.0 Å². The fraction of sp³-hybridized carbons (Fsp3) is 0.100. The summed E-state index contributed by atoms with van der Waals surface area (Å²) >= 11 is 4.33. The summed E-state index contributed by atoms with van der Waals surface area (Å²) in [5.74, 6) is -1.70. The average molecular weight is 518 g/mol. The number of aliphatic carboxylic acids is 1. The van der Waals surface area contributed by atoms with Gasteiger partial charge in [-0.05, 0) is 31.2 Å². The number of anilines is 2. The monoisotopic (exact) mass is 517 g/mol. The molecule has 10 nitrogen and oxygen atoms in total. The first-order valence-corrected chi connectivity index (χ1v) is 10.7. The van der Waals surface area contributed by atoms with Crippen molar-refractivity contribution in [2.24, 2.45) is 5.10 Å². The number of hydrogen-bond acceptors (Lipinski definition) is 8. The highest BCUT2D eigenvalue weighted by molar-refractivity contribution is 9.10. The van der Waals surface area contributed by atoms with E-state index in [9.17, 15) is 24.8 Å². The highest BCUT2D eigenvalue weighted by Gasteiger charge is 2.20. The second kappa shape index (κ2) is 10.1. The number of carboxylic acid groups (broad SMARTS) is 1. The molecule has 12 heteroatoms. The zero-order valence-corrected chi connectivity index (χ0v) is 18.9. The maximum absolute atomic E-state index is 12.5. The number of nitro groups is 1. The molecule has 0 radical (unpaired) electrons. The second-order valence-electron chi connectivity index (χ2n) is 6.43. The summed E-state index contributed by atoms with van der Waals surface area (Å²) in [7, 11) is 0. The van der Waals surface area contributed by atoms with Crippen molar-refractivity contribution in [3.63, 3.8) is 0 Å². The number of aryl methyl sites for hydroxylation is 1. The molecule has 3 aromatic rings. The smallest absolute Gasteiger partial charge is 0.352 e. The number of carboxylic acids is 1. The molecular formula is C20H16BrN5O5S. The summed E-state index contributed by atoms with van der Waals surface area (Å²) in [5.41, 5.74) is 3.27. The quantitative estimate of drug-likeness (QED) is 0.227. The van der Waals surface area contributed by atoms with E-state index in [0.29, 0.717) is 16.3 Å². The summed E-state index contributed by atoms with van der Waals surface area (Å²) in [6.45, 7) is 1.65. The minimum Gasteiger partial charge on any atom is -0.477 e. The molecule has 1 amide bonds. The van der Waals surface area contributed by atoms with Crippen LogP contribution < -0.4 is 10.7 Å². The molecule has 0 fully saturated rings. The third-order valence-corrected chi connectivity index (χ3v) is 5.77. The van der Waals surface area contributed by atoms with Crippen molar-refractivity contribution < 1.29 is 19.6 Å². The van der Waals surface area contributed by atoms with Gasteiger partial charge >= 0.3 is 5.97 Å². The van der Waals surface area contributed by atoms with Gasteiger partial charge in [0.05, 0.1) is 10.6 Å². The Balaban J connectivity index is 1.76. The number of carbonyl (C=O) groups is 2. The van der Waals surface area contributed by atoms with Gasteiger partial charge in [-0.3, -0.25) is 20.3 Å². The summed E-state index contributed by atoms with van der Waals surface area (Å²) in [6, 6.07) is 12.9. The van der Waals surface area contributed by atoms with Gasteiger partial charge in [0.25, 0.3) is 11.6 Å². The van der Waals surface area contributed by atoms with Crippen molar-refractivity contribution in [2.45, 2.75) is 13.3 Å². The largest absolute Gasteiger partial charge is 0.477 e. The third kappa shape index (κ3) is 5.74. The van der Waals surface area contributed by atoms with Crippen LogP contribution in [0.3, 0.4) is 0 Å². The van der Waals surface area contributed by atoms with Crippen LogP contribution in [-0.2, 0) is 11.2 Å². The van der Waals surface area contributed by atoms with Crippen LogP contribution in [0.5, 0.6) is 0 Å². The normalized spacial score (nSPS) is 11.1. The van der Waals surface area contributed by atoms with Crippen molar-refractivity contribution in [3.05, 3.63) is 79.3 Å². The van der Waals surface area contributed by atoms with Gasteiger partial charge < -0.3 is 10.4 Å². The van der Waals surface area contributed by atoms with E-state index >= 15 is 0 Å². The standard InChI is InChI=1S/C20H16BrN5O5S/c1-11-17(18(27)23-14-8-6-13(21)7-9-14)32-20(22-11)25-24-15(19(28)29)10-12-4-2-3-5-16(12)26(30)31/h2-9H,10H2,1H3,(H,22,25)(H,23,27)(H,28,29)/b24-15+. The van der Waals surface area contributed by atoms with Gasteiger partial charge in [-0.1, -0.05) is 45.5 Å². The van der Waals surface area contributed by atoms with Gasteiger partial charge in [-0.2, -0.15) is 5.10 Å². The van der Waals surface area contributed by atoms with E-state index in [-0.39, 0.29) is 34.4 Å². The van der Waals surface area contributed by atoms with E-state index in [1.54, 1.807) is 37.3 Å². The van der Waals surface area contributed by atoms with E-state index in [1.807, 2.05) is 0 Å². The third-order valence-electron chi connectivity index (χ3n) is 4.18. The van der Waals surface area contributed by atoms with Crippen LogP contribution in [0.4, 0.5) is 16.5 Å². The molecule has 0 aliphatic heterocycles. The van der Waals surface area contributed by atoms with Crippen molar-refractivity contribution in [3.8, 4) is 0 Å². The molecule has 0 atom stereocenters. The number of nitro benzene ring substituents is 1. The van der Waals surface area contributed by atoms with Crippen molar-refractivity contribution >= 4 is 61.4 Å². The van der Waals surface area contributed by atoms with Gasteiger partial charge in [0.1, 0.15) is 10.6 Å². The fourth-order valence-corrected chi connectivity index (χ4v) is 3.74. The number of aromatic nitrogens is 1. The molecule has 164 valence electrons. The zero-order chi connectivity index (χ0) is 23.3. The second-order valence-corrected chi connectivity index (χ2v) is 8.35. The lowest BCUT2D eigenvalue weighted by atomic mass is 10.1. The Morgan fingerprint density at radius 2 is 1.91 bits per heavy atom. The minimum atomic E-state index is -1.34. The van der Waals surface area contributed by atoms with Crippen LogP contribution in [0.25, 0.3) is 0 Å². The van der Waals surface area contributed by atoms with Crippen LogP contribution in [0.2, 0.25) is 0 Å². The Kier molecular flexibility index (Phi) is 7.28. The Labute approximate surface area is 194 Å². The van der Waals surface area contributed by atoms with Gasteiger partial charge in [-0.15, -0.1) is 0 Å². The number of halogens is 1. The lowest BCUT2D eigenvalue weighted by Gasteiger charge is -2.04. The summed E-state index contributed by atoms with van der Waals surface area (Å²) < 4.78 is 0.879. The van der Waals surface area contributed by atoms with Gasteiger partial charge in [0.15, 0.2) is 0 Å². The van der Waals surface area contributed by atoms with Crippen molar-refractivity contribution in [1.82, 2.24) is 4.98 Å². The maximum atomic E-state index is 12.5. The van der Waals surface area contributed by atoms with Crippen LogP contribution in [0.1, 0.15) is 20.9 Å². The molecule has 2 aromatic carbocycles. The highest BCUT2D eigenvalue weighted by atomic mass is 79.9. The molecule has 0 spiro atoms. The summed E-state index contributed by atoms with van der Waals surface area (Å²) in [4.78, 5) is 39.3. The van der Waals surface area contributed by atoms with E-state index < -0.39 is 10.9 Å². The predicted molar refractivity (Wildman–Crippen MR) is 124 cm³/mol. The molecule has 0 unspecified atom stereocenters. The number of nitrogens with one attached hydrogen (secondary N) is 2. The fourth-order valence-electron chi connectivity index (χ4n) is 2.67. The average Bonchev–Trinajstić information content (AvgIpc) is 3.13. The number of benzene rings is 2. The van der Waals surface area contributed by atoms with E-state index in [0.717, 1.165) is 15.8 Å². The molecule has 0 aliphatic carbocycles. The molecule has 32 heavy (non-hydrogen) atoms. The van der Waals surface area contributed by atoms with E-state index in [2.05, 4.69) is 36.8 Å². The number of thiazole rings is 1. The predicted octanol–water partition coefficient (Wildman–Crippen LogP) is 4.47. The molecule has 1 aromatic heterocycles. The number of amides is 1. The first-order chi connectivity index (χ1) is 15.2. The number of rotatable bonds is 8. The summed E-state index contributed by atoms with van der Waals surface area (Å²) in [6.07, 6.45) is -0.263.